The highest BCUT2D eigenvalue weighted by molar-refractivity contribution is 14.1. The van der Waals surface area contributed by atoms with Crippen molar-refractivity contribution in [1.82, 2.24) is 29.7 Å². The third-order valence-corrected chi connectivity index (χ3v) is 6.60. The maximum atomic E-state index is 14.4. The molecular formula is C21H13F5IN7O. The van der Waals surface area contributed by atoms with Crippen molar-refractivity contribution in [2.75, 3.05) is 5.32 Å². The molecule has 35 heavy (non-hydrogen) atoms. The summed E-state index contributed by atoms with van der Waals surface area (Å²) in [7, 11) is 0. The SMILES string of the molecule is Cc1nc2c(cc1F)c(-c1nc(I)c3c(n1)NC(=O)C3(C)C(F)(F)F)nn2Cc1ncccc1F. The van der Waals surface area contributed by atoms with E-state index in [1.807, 2.05) is 0 Å². The Bertz CT molecular complexity index is 1540. The van der Waals surface area contributed by atoms with Crippen molar-refractivity contribution in [2.45, 2.75) is 32.0 Å². The lowest BCUT2D eigenvalue weighted by molar-refractivity contribution is -0.186. The van der Waals surface area contributed by atoms with E-state index in [1.165, 1.54) is 29.9 Å². The van der Waals surface area contributed by atoms with Crippen LogP contribution < -0.4 is 5.32 Å². The lowest BCUT2D eigenvalue weighted by Crippen LogP contribution is -2.45. The predicted molar refractivity (Wildman–Crippen MR) is 121 cm³/mol. The molecule has 180 valence electrons. The molecule has 0 saturated carbocycles. The van der Waals surface area contributed by atoms with Gasteiger partial charge in [0.15, 0.2) is 16.9 Å². The Kier molecular flexibility index (Phi) is 5.26. The molecule has 0 spiro atoms. The van der Waals surface area contributed by atoms with Gasteiger partial charge in [-0.1, -0.05) is 0 Å². The van der Waals surface area contributed by atoms with Crippen molar-refractivity contribution in [1.29, 1.82) is 0 Å². The summed E-state index contributed by atoms with van der Waals surface area (Å²) in [6.07, 6.45) is -3.49. The van der Waals surface area contributed by atoms with Gasteiger partial charge in [-0.2, -0.15) is 18.3 Å². The zero-order valence-corrected chi connectivity index (χ0v) is 20.0. The van der Waals surface area contributed by atoms with Crippen LogP contribution in [0.4, 0.5) is 27.8 Å². The molecule has 1 unspecified atom stereocenters. The first-order valence-corrected chi connectivity index (χ1v) is 11.1. The number of amides is 1. The number of aromatic nitrogens is 6. The van der Waals surface area contributed by atoms with Gasteiger partial charge >= 0.3 is 6.18 Å². The van der Waals surface area contributed by atoms with Gasteiger partial charge in [-0.3, -0.25) is 9.78 Å². The number of pyridine rings is 2. The van der Waals surface area contributed by atoms with Crippen LogP contribution in [-0.4, -0.2) is 41.8 Å². The van der Waals surface area contributed by atoms with E-state index in [0.717, 1.165) is 13.0 Å². The second-order valence-corrected chi connectivity index (χ2v) is 9.03. The summed E-state index contributed by atoms with van der Waals surface area (Å²) >= 11 is 1.59. The Labute approximate surface area is 207 Å². The molecule has 4 aromatic rings. The van der Waals surface area contributed by atoms with E-state index in [4.69, 9.17) is 0 Å². The summed E-state index contributed by atoms with van der Waals surface area (Å²) in [5.74, 6) is -3.00. The topological polar surface area (TPSA) is 98.5 Å². The molecule has 1 atom stereocenters. The summed E-state index contributed by atoms with van der Waals surface area (Å²) in [5.41, 5.74) is -2.96. The normalized spacial score (nSPS) is 17.7. The van der Waals surface area contributed by atoms with Gasteiger partial charge in [-0.15, -0.1) is 0 Å². The standard InChI is InChI=1S/C21H13F5IN7O/c1-8-11(23)6-9-14(33-34(18(9)29-8)7-12-10(22)4-3-5-28-12)17-30-15(27)13-16(31-17)32-19(35)20(13,2)21(24,25)26/h3-6H,7H2,1-2H3,(H,30,31,32,35). The Morgan fingerprint density at radius 2 is 1.91 bits per heavy atom. The van der Waals surface area contributed by atoms with Crippen LogP contribution in [0.3, 0.4) is 0 Å². The molecule has 0 aliphatic carbocycles. The predicted octanol–water partition coefficient (Wildman–Crippen LogP) is 4.29. The Morgan fingerprint density at radius 3 is 2.60 bits per heavy atom. The van der Waals surface area contributed by atoms with Crippen LogP contribution in [0.2, 0.25) is 0 Å². The molecule has 1 amide bonds. The highest BCUT2D eigenvalue weighted by Crippen LogP contribution is 2.49. The van der Waals surface area contributed by atoms with Crippen molar-refractivity contribution >= 4 is 45.3 Å². The minimum atomic E-state index is -4.89. The van der Waals surface area contributed by atoms with Crippen LogP contribution in [0.5, 0.6) is 0 Å². The Morgan fingerprint density at radius 1 is 1.17 bits per heavy atom. The van der Waals surface area contributed by atoms with E-state index in [2.05, 4.69) is 30.4 Å². The first-order chi connectivity index (χ1) is 16.4. The lowest BCUT2D eigenvalue weighted by atomic mass is 9.84. The molecule has 5 heterocycles. The van der Waals surface area contributed by atoms with Crippen LogP contribution in [-0.2, 0) is 16.8 Å². The quantitative estimate of drug-likeness (QED) is 0.214. The van der Waals surface area contributed by atoms with Crippen molar-refractivity contribution in [2.24, 2.45) is 0 Å². The smallest absolute Gasteiger partial charge is 0.309 e. The fourth-order valence-corrected chi connectivity index (χ4v) is 4.83. The maximum Gasteiger partial charge on any atom is 0.407 e. The fourth-order valence-electron chi connectivity index (χ4n) is 3.80. The molecule has 0 bridgehead atoms. The zero-order chi connectivity index (χ0) is 25.3. The van der Waals surface area contributed by atoms with Crippen LogP contribution in [0.25, 0.3) is 22.6 Å². The van der Waals surface area contributed by atoms with E-state index in [9.17, 15) is 26.7 Å². The molecule has 0 saturated heterocycles. The van der Waals surface area contributed by atoms with E-state index in [0.29, 0.717) is 0 Å². The number of nitrogens with one attached hydrogen (secondary N) is 1. The van der Waals surface area contributed by atoms with Crippen LogP contribution in [0.15, 0.2) is 24.4 Å². The number of rotatable bonds is 3. The van der Waals surface area contributed by atoms with Gasteiger partial charge in [-0.25, -0.2) is 28.4 Å². The van der Waals surface area contributed by atoms with E-state index >= 15 is 0 Å². The van der Waals surface area contributed by atoms with E-state index < -0.39 is 34.7 Å². The summed E-state index contributed by atoms with van der Waals surface area (Å²) in [6, 6.07) is 3.79. The number of hydrogen-bond acceptors (Lipinski definition) is 6. The first-order valence-electron chi connectivity index (χ1n) is 10.0. The summed E-state index contributed by atoms with van der Waals surface area (Å²) in [4.78, 5) is 28.8. The van der Waals surface area contributed by atoms with E-state index in [1.54, 1.807) is 22.6 Å². The van der Waals surface area contributed by atoms with Gasteiger partial charge in [0.05, 0.1) is 28.9 Å². The van der Waals surface area contributed by atoms with Gasteiger partial charge in [0, 0.05) is 6.20 Å². The number of carbonyl (C=O) groups excluding carboxylic acids is 1. The highest BCUT2D eigenvalue weighted by atomic mass is 127. The van der Waals surface area contributed by atoms with Crippen molar-refractivity contribution in [3.05, 3.63) is 56.7 Å². The number of alkyl halides is 3. The molecule has 4 aromatic heterocycles. The largest absolute Gasteiger partial charge is 0.407 e. The molecule has 1 aliphatic rings. The molecule has 5 rings (SSSR count). The minimum Gasteiger partial charge on any atom is -0.309 e. The summed E-state index contributed by atoms with van der Waals surface area (Å²) < 4.78 is 71.2. The molecule has 14 heteroatoms. The van der Waals surface area contributed by atoms with Crippen LogP contribution >= 0.6 is 22.6 Å². The molecule has 1 aliphatic heterocycles. The average molecular weight is 601 g/mol. The van der Waals surface area contributed by atoms with Gasteiger partial charge in [0.1, 0.15) is 26.8 Å². The minimum absolute atomic E-state index is 0.00156. The third kappa shape index (κ3) is 3.52. The van der Waals surface area contributed by atoms with Crippen molar-refractivity contribution < 1.29 is 26.7 Å². The second kappa shape index (κ2) is 7.86. The molecule has 1 N–H and O–H groups in total. The number of nitrogens with zero attached hydrogens (tertiary/aromatic N) is 6. The number of carbonyl (C=O) groups is 1. The van der Waals surface area contributed by atoms with Gasteiger partial charge in [-0.05, 0) is 54.6 Å². The molecule has 0 aromatic carbocycles. The zero-order valence-electron chi connectivity index (χ0n) is 17.9. The Balaban J connectivity index is 1.71. The van der Waals surface area contributed by atoms with Crippen molar-refractivity contribution in [3.63, 3.8) is 0 Å². The van der Waals surface area contributed by atoms with E-state index in [-0.39, 0.29) is 50.0 Å². The lowest BCUT2D eigenvalue weighted by Gasteiger charge is -2.25. The molecule has 0 radical (unpaired) electrons. The average Bonchev–Trinajstić information content (AvgIpc) is 3.25. The van der Waals surface area contributed by atoms with Crippen LogP contribution in [0, 0.1) is 22.3 Å². The number of aryl methyl sites for hydroxylation is 1. The Hall–Kier alpha value is -3.30. The maximum absolute atomic E-state index is 14.4. The number of halogens is 6. The third-order valence-electron chi connectivity index (χ3n) is 5.82. The van der Waals surface area contributed by atoms with Gasteiger partial charge < -0.3 is 5.32 Å². The first kappa shape index (κ1) is 23.4. The molecule has 0 fully saturated rings. The van der Waals surface area contributed by atoms with Crippen LogP contribution in [0.1, 0.15) is 23.9 Å². The molecule has 8 nitrogen and oxygen atoms in total. The summed E-state index contributed by atoms with van der Waals surface area (Å²) in [6.45, 7) is 2.04. The van der Waals surface area contributed by atoms with Gasteiger partial charge in [0.2, 0.25) is 5.91 Å². The van der Waals surface area contributed by atoms with Crippen molar-refractivity contribution in [3.8, 4) is 11.5 Å². The summed E-state index contributed by atoms with van der Waals surface area (Å²) in [5, 5.41) is 6.69. The molecular weight excluding hydrogens is 588 g/mol. The number of fused-ring (bicyclic) bond motifs is 2. The second-order valence-electron chi connectivity index (χ2n) is 8.00. The fraction of sp³-hybridized carbons (Fsp3) is 0.238. The van der Waals surface area contributed by atoms with Gasteiger partial charge in [0.25, 0.3) is 0 Å². The highest BCUT2D eigenvalue weighted by Gasteiger charge is 2.63. The number of anilines is 1. The monoisotopic (exact) mass is 601 g/mol. The number of hydrogen-bond donors (Lipinski definition) is 1.